The summed E-state index contributed by atoms with van der Waals surface area (Å²) in [5.41, 5.74) is 0.842. The van der Waals surface area contributed by atoms with Crippen LogP contribution in [0.5, 0.6) is 0 Å². The molecule has 2 aliphatic carbocycles. The van der Waals surface area contributed by atoms with E-state index in [0.717, 1.165) is 25.7 Å². The molecule has 0 aliphatic heterocycles. The van der Waals surface area contributed by atoms with Gasteiger partial charge >= 0.3 is 5.97 Å². The topological polar surface area (TPSA) is 35.5 Å². The molecule has 5 unspecified atom stereocenters. The minimum absolute atomic E-state index is 0.0154. The summed E-state index contributed by atoms with van der Waals surface area (Å²) in [7, 11) is 0. The van der Waals surface area contributed by atoms with Crippen molar-refractivity contribution in [2.24, 2.45) is 17.8 Å². The highest BCUT2D eigenvalue weighted by atomic mass is 16.5. The maximum atomic E-state index is 12.3. The lowest BCUT2D eigenvalue weighted by molar-refractivity contribution is -0.160. The van der Waals surface area contributed by atoms with Crippen LogP contribution in [0.3, 0.4) is 0 Å². The van der Waals surface area contributed by atoms with Crippen LogP contribution >= 0.6 is 0 Å². The van der Waals surface area contributed by atoms with E-state index >= 15 is 0 Å². The van der Waals surface area contributed by atoms with Crippen LogP contribution in [0.4, 0.5) is 0 Å². The first-order valence-electron chi connectivity index (χ1n) is 12.9. The molecule has 5 atom stereocenters. The van der Waals surface area contributed by atoms with E-state index in [9.17, 15) is 4.79 Å². The Balaban J connectivity index is 1.29. The van der Waals surface area contributed by atoms with Crippen molar-refractivity contribution >= 4 is 38.3 Å². The average Bonchev–Trinajstić information content (AvgIpc) is 3.41. The molecule has 0 radical (unpaired) electrons. The Labute approximate surface area is 201 Å². The molecule has 176 valence electrons. The van der Waals surface area contributed by atoms with Crippen LogP contribution in [0.25, 0.3) is 32.3 Å². The summed E-state index contributed by atoms with van der Waals surface area (Å²) in [5.74, 6) is 0.844. The SMILES string of the molecule is CCC(C)C(=O)OC1CC2CC1CC2OC(C)(C)c1cc2cccc3ccc4cccc1c4c32. The fourth-order valence-electron chi connectivity index (χ4n) is 6.59. The van der Waals surface area contributed by atoms with Gasteiger partial charge in [-0.05, 0) is 95.3 Å². The van der Waals surface area contributed by atoms with Gasteiger partial charge in [-0.1, -0.05) is 62.4 Å². The highest BCUT2D eigenvalue weighted by Crippen LogP contribution is 2.50. The lowest BCUT2D eigenvalue weighted by Gasteiger charge is -2.36. The molecular weight excluding hydrogens is 420 g/mol. The first kappa shape index (κ1) is 21.9. The summed E-state index contributed by atoms with van der Waals surface area (Å²) in [6, 6.07) is 20.0. The molecule has 0 spiro atoms. The second-order valence-corrected chi connectivity index (χ2v) is 11.2. The van der Waals surface area contributed by atoms with Gasteiger partial charge in [0.2, 0.25) is 0 Å². The molecule has 0 aromatic heterocycles. The van der Waals surface area contributed by atoms with Crippen molar-refractivity contribution in [2.45, 2.75) is 71.2 Å². The molecule has 0 amide bonds. The summed E-state index contributed by atoms with van der Waals surface area (Å²) in [5, 5.41) is 7.83. The number of hydrogen-bond acceptors (Lipinski definition) is 3. The van der Waals surface area contributed by atoms with Gasteiger partial charge in [-0.25, -0.2) is 0 Å². The molecule has 0 saturated heterocycles. The summed E-state index contributed by atoms with van der Waals surface area (Å²) >= 11 is 0. The van der Waals surface area contributed by atoms with Gasteiger partial charge in [0.1, 0.15) is 6.10 Å². The molecule has 3 heteroatoms. The normalized spacial score (nSPS) is 25.5. The highest BCUT2D eigenvalue weighted by Gasteiger charge is 2.50. The number of fused-ring (bicyclic) bond motifs is 2. The van der Waals surface area contributed by atoms with Crippen molar-refractivity contribution in [3.63, 3.8) is 0 Å². The van der Waals surface area contributed by atoms with Crippen LogP contribution in [-0.4, -0.2) is 18.2 Å². The minimum atomic E-state index is -0.415. The zero-order chi connectivity index (χ0) is 23.6. The molecule has 2 bridgehead atoms. The van der Waals surface area contributed by atoms with E-state index in [1.807, 2.05) is 13.8 Å². The van der Waals surface area contributed by atoms with Gasteiger partial charge in [0.25, 0.3) is 0 Å². The Morgan fingerprint density at radius 3 is 2.26 bits per heavy atom. The molecule has 2 fully saturated rings. The number of rotatable bonds is 6. The van der Waals surface area contributed by atoms with Gasteiger partial charge < -0.3 is 9.47 Å². The van der Waals surface area contributed by atoms with Gasteiger partial charge in [0.15, 0.2) is 0 Å². The third kappa shape index (κ3) is 3.40. The minimum Gasteiger partial charge on any atom is -0.462 e. The fraction of sp³-hybridized carbons (Fsp3) is 0.452. The van der Waals surface area contributed by atoms with Crippen LogP contribution in [0.1, 0.15) is 58.9 Å². The van der Waals surface area contributed by atoms with E-state index < -0.39 is 5.60 Å². The van der Waals surface area contributed by atoms with Crippen LogP contribution in [0.2, 0.25) is 0 Å². The maximum absolute atomic E-state index is 12.3. The van der Waals surface area contributed by atoms with Gasteiger partial charge in [-0.3, -0.25) is 4.79 Å². The first-order chi connectivity index (χ1) is 16.4. The molecule has 34 heavy (non-hydrogen) atoms. The third-order valence-electron chi connectivity index (χ3n) is 8.61. The van der Waals surface area contributed by atoms with E-state index in [2.05, 4.69) is 68.4 Å². The molecule has 4 aromatic carbocycles. The third-order valence-corrected chi connectivity index (χ3v) is 8.61. The predicted molar refractivity (Wildman–Crippen MR) is 138 cm³/mol. The smallest absolute Gasteiger partial charge is 0.308 e. The van der Waals surface area contributed by atoms with Crippen LogP contribution in [0.15, 0.2) is 54.6 Å². The molecule has 4 aromatic rings. The van der Waals surface area contributed by atoms with E-state index in [-0.39, 0.29) is 24.1 Å². The van der Waals surface area contributed by atoms with Crippen molar-refractivity contribution in [2.75, 3.05) is 0 Å². The monoisotopic (exact) mass is 454 g/mol. The van der Waals surface area contributed by atoms with Gasteiger partial charge in [-0.2, -0.15) is 0 Å². The molecule has 6 rings (SSSR count). The lowest BCUT2D eigenvalue weighted by atomic mass is 9.85. The molecule has 0 N–H and O–H groups in total. The number of carbonyl (C=O) groups excluding carboxylic acids is 1. The fourth-order valence-corrected chi connectivity index (χ4v) is 6.59. The quantitative estimate of drug-likeness (QED) is 0.222. The highest BCUT2D eigenvalue weighted by molar-refractivity contribution is 6.23. The Kier molecular flexibility index (Phi) is 5.11. The van der Waals surface area contributed by atoms with Crippen molar-refractivity contribution in [1.29, 1.82) is 0 Å². The maximum Gasteiger partial charge on any atom is 0.308 e. The van der Waals surface area contributed by atoms with Crippen molar-refractivity contribution < 1.29 is 14.3 Å². The number of hydrogen-bond donors (Lipinski definition) is 0. The molecular formula is C31H34O3. The van der Waals surface area contributed by atoms with Crippen LogP contribution in [-0.2, 0) is 19.9 Å². The zero-order valence-electron chi connectivity index (χ0n) is 20.6. The van der Waals surface area contributed by atoms with Crippen molar-refractivity contribution in [3.8, 4) is 0 Å². The Bertz CT molecular complexity index is 1370. The number of benzene rings is 4. The van der Waals surface area contributed by atoms with E-state index in [4.69, 9.17) is 9.47 Å². The summed E-state index contributed by atoms with van der Waals surface area (Å²) < 4.78 is 12.8. The van der Waals surface area contributed by atoms with Gasteiger partial charge in [0, 0.05) is 0 Å². The molecule has 3 nitrogen and oxygen atoms in total. The Hall–Kier alpha value is -2.65. The summed E-state index contributed by atoms with van der Waals surface area (Å²) in [4.78, 5) is 12.3. The lowest BCUT2D eigenvalue weighted by Crippen LogP contribution is -2.36. The number of carbonyl (C=O) groups is 1. The van der Waals surface area contributed by atoms with Crippen LogP contribution in [0, 0.1) is 17.8 Å². The Morgan fingerprint density at radius 2 is 1.56 bits per heavy atom. The molecule has 0 heterocycles. The largest absolute Gasteiger partial charge is 0.462 e. The van der Waals surface area contributed by atoms with Crippen molar-refractivity contribution in [1.82, 2.24) is 0 Å². The summed E-state index contributed by atoms with van der Waals surface area (Å²) in [6.45, 7) is 8.44. The van der Waals surface area contributed by atoms with Gasteiger partial charge in [0.05, 0.1) is 17.6 Å². The average molecular weight is 455 g/mol. The van der Waals surface area contributed by atoms with E-state index in [1.165, 1.54) is 37.9 Å². The molecule has 2 saturated carbocycles. The van der Waals surface area contributed by atoms with Crippen molar-refractivity contribution in [3.05, 3.63) is 60.2 Å². The zero-order valence-corrected chi connectivity index (χ0v) is 20.6. The van der Waals surface area contributed by atoms with Crippen LogP contribution < -0.4 is 0 Å². The first-order valence-corrected chi connectivity index (χ1v) is 12.9. The van der Waals surface area contributed by atoms with Gasteiger partial charge in [-0.15, -0.1) is 0 Å². The standard InChI is InChI=1S/C31H34O3/c1-5-18(2)30(32)33-26-16-23-14-22(26)17-27(23)34-31(3,4)25-15-21-10-6-8-19-12-13-20-9-7-11-24(25)29(20)28(19)21/h6-13,15,18,22-23,26-27H,5,14,16-17H2,1-4H3. The predicted octanol–water partition coefficient (Wildman–Crippen LogP) is 7.59. The van der Waals surface area contributed by atoms with E-state index in [0.29, 0.717) is 11.8 Å². The number of ether oxygens (including phenoxy) is 2. The summed E-state index contributed by atoms with van der Waals surface area (Å²) in [6.07, 6.45) is 4.14. The second kappa shape index (κ2) is 7.95. The second-order valence-electron chi connectivity index (χ2n) is 11.2. The number of esters is 1. The Morgan fingerprint density at radius 1 is 0.912 bits per heavy atom. The van der Waals surface area contributed by atoms with E-state index in [1.54, 1.807) is 0 Å². The molecule has 2 aliphatic rings.